The first-order valence-electron chi connectivity index (χ1n) is 10.2. The van der Waals surface area contributed by atoms with Gasteiger partial charge in [-0.15, -0.1) is 0 Å². The molecule has 1 amide bonds. The van der Waals surface area contributed by atoms with Crippen molar-refractivity contribution in [2.75, 3.05) is 26.3 Å². The highest BCUT2D eigenvalue weighted by Gasteiger charge is 2.21. The number of benzene rings is 1. The molecule has 0 radical (unpaired) electrons. The number of nitro groups is 1. The quantitative estimate of drug-likeness (QED) is 0.466. The van der Waals surface area contributed by atoms with E-state index in [0.29, 0.717) is 23.7 Å². The van der Waals surface area contributed by atoms with Gasteiger partial charge in [-0.05, 0) is 50.0 Å². The number of nitrogens with zero attached hydrogens (tertiary/aromatic N) is 3. The number of piperidine rings is 1. The van der Waals surface area contributed by atoms with Crippen molar-refractivity contribution in [2.45, 2.75) is 26.2 Å². The van der Waals surface area contributed by atoms with E-state index >= 15 is 0 Å². The van der Waals surface area contributed by atoms with E-state index in [1.165, 1.54) is 6.08 Å². The first kappa shape index (κ1) is 22.8. The van der Waals surface area contributed by atoms with Gasteiger partial charge < -0.3 is 24.5 Å². The molecule has 11 nitrogen and oxygen atoms in total. The predicted molar refractivity (Wildman–Crippen MR) is 116 cm³/mol. The second kappa shape index (κ2) is 10.4. The molecule has 11 heteroatoms. The molecule has 0 bridgehead atoms. The van der Waals surface area contributed by atoms with E-state index in [4.69, 9.17) is 9.47 Å². The number of H-pyrrole nitrogens is 1. The second-order valence-corrected chi connectivity index (χ2v) is 7.08. The summed E-state index contributed by atoms with van der Waals surface area (Å²) in [5.41, 5.74) is -1.41. The van der Waals surface area contributed by atoms with Crippen molar-refractivity contribution in [3.05, 3.63) is 50.1 Å². The van der Waals surface area contributed by atoms with Crippen molar-refractivity contribution in [1.29, 1.82) is 0 Å². The monoisotopic (exact) mass is 444 g/mol. The Morgan fingerprint density at radius 1 is 1.25 bits per heavy atom. The lowest BCUT2D eigenvalue weighted by Crippen LogP contribution is -2.38. The van der Waals surface area contributed by atoms with Gasteiger partial charge in [-0.2, -0.15) is 4.98 Å². The lowest BCUT2D eigenvalue weighted by atomic mass is 10.1. The SMILES string of the molecule is CCOc1cc(/C=C/c2nc(O)c([N+](=O)[O-])c(=O)[nH]2)ccc1OCC(=O)N1CCCCC1. The number of carbonyl (C=O) groups is 1. The number of nitrogens with one attached hydrogen (secondary N) is 1. The van der Waals surface area contributed by atoms with Crippen LogP contribution < -0.4 is 15.0 Å². The molecule has 1 saturated heterocycles. The number of ether oxygens (including phenoxy) is 2. The molecule has 32 heavy (non-hydrogen) atoms. The normalized spacial score (nSPS) is 13.8. The lowest BCUT2D eigenvalue weighted by molar-refractivity contribution is -0.387. The third-order valence-electron chi connectivity index (χ3n) is 4.84. The molecule has 2 aromatic rings. The number of likely N-dealkylation sites (tertiary alicyclic amines) is 1. The van der Waals surface area contributed by atoms with Crippen LogP contribution in [0.1, 0.15) is 37.6 Å². The van der Waals surface area contributed by atoms with Crippen LogP contribution in [0.4, 0.5) is 5.69 Å². The van der Waals surface area contributed by atoms with E-state index in [2.05, 4.69) is 9.97 Å². The molecular formula is C21H24N4O7. The third kappa shape index (κ3) is 5.62. The zero-order valence-corrected chi connectivity index (χ0v) is 17.6. The van der Waals surface area contributed by atoms with Crippen molar-refractivity contribution >= 4 is 23.7 Å². The molecule has 0 aliphatic carbocycles. The number of rotatable bonds is 8. The van der Waals surface area contributed by atoms with Crippen LogP contribution in [-0.4, -0.2) is 57.1 Å². The molecule has 1 aliphatic rings. The molecule has 3 rings (SSSR count). The standard InChI is InChI=1S/C21H24N4O7/c1-2-31-16-12-14(7-9-17-22-20(27)19(25(29)30)21(28)23-17)6-8-15(16)32-13-18(26)24-10-4-3-5-11-24/h6-9,12H,2-5,10-11,13H2,1H3,(H2,22,23,27,28)/b9-7+. The highest BCUT2D eigenvalue weighted by Crippen LogP contribution is 2.29. The summed E-state index contributed by atoms with van der Waals surface area (Å²) in [5.74, 6) is -0.217. The fourth-order valence-corrected chi connectivity index (χ4v) is 3.28. The van der Waals surface area contributed by atoms with Gasteiger partial charge in [-0.1, -0.05) is 12.1 Å². The number of hydrogen-bond donors (Lipinski definition) is 2. The van der Waals surface area contributed by atoms with Crippen LogP contribution in [0, 0.1) is 10.1 Å². The van der Waals surface area contributed by atoms with Crippen molar-refractivity contribution < 1.29 is 24.3 Å². The van der Waals surface area contributed by atoms with Crippen LogP contribution in [0.2, 0.25) is 0 Å². The van der Waals surface area contributed by atoms with E-state index in [1.54, 1.807) is 29.2 Å². The van der Waals surface area contributed by atoms with Crippen molar-refractivity contribution in [2.24, 2.45) is 0 Å². The molecule has 1 aromatic carbocycles. The maximum atomic E-state index is 12.3. The molecule has 0 unspecified atom stereocenters. The highest BCUT2D eigenvalue weighted by molar-refractivity contribution is 5.78. The summed E-state index contributed by atoms with van der Waals surface area (Å²) < 4.78 is 11.3. The van der Waals surface area contributed by atoms with Crippen LogP contribution in [0.15, 0.2) is 23.0 Å². The third-order valence-corrected chi connectivity index (χ3v) is 4.84. The number of aromatic nitrogens is 2. The first-order chi connectivity index (χ1) is 15.4. The van der Waals surface area contributed by atoms with Gasteiger partial charge in [0.1, 0.15) is 5.82 Å². The summed E-state index contributed by atoms with van der Waals surface area (Å²) in [4.78, 5) is 41.5. The van der Waals surface area contributed by atoms with Crippen molar-refractivity contribution in [3.63, 3.8) is 0 Å². The predicted octanol–water partition coefficient (Wildman–Crippen LogP) is 2.34. The largest absolute Gasteiger partial charge is 0.490 e. The van der Waals surface area contributed by atoms with Gasteiger partial charge in [0, 0.05) is 13.1 Å². The maximum Gasteiger partial charge on any atom is 0.395 e. The van der Waals surface area contributed by atoms with Gasteiger partial charge in [0.15, 0.2) is 18.1 Å². The first-order valence-corrected chi connectivity index (χ1v) is 10.2. The Labute approximate surface area is 183 Å². The number of aromatic amines is 1. The van der Waals surface area contributed by atoms with Crippen LogP contribution in [0.25, 0.3) is 12.2 Å². The molecule has 1 fully saturated rings. The number of hydrogen-bond acceptors (Lipinski definition) is 8. The minimum atomic E-state index is -1.06. The van der Waals surface area contributed by atoms with Crippen molar-refractivity contribution in [3.8, 4) is 17.4 Å². The van der Waals surface area contributed by atoms with Gasteiger partial charge in [-0.3, -0.25) is 19.7 Å². The minimum Gasteiger partial charge on any atom is -0.490 e. The van der Waals surface area contributed by atoms with Gasteiger partial charge >= 0.3 is 11.2 Å². The average molecular weight is 444 g/mol. The summed E-state index contributed by atoms with van der Waals surface area (Å²) in [5, 5.41) is 20.4. The Morgan fingerprint density at radius 2 is 2.00 bits per heavy atom. The van der Waals surface area contributed by atoms with E-state index < -0.39 is 22.0 Å². The maximum absolute atomic E-state index is 12.3. The van der Waals surface area contributed by atoms with E-state index in [0.717, 1.165) is 32.4 Å². The summed E-state index contributed by atoms with van der Waals surface area (Å²) in [7, 11) is 0. The Hall–Kier alpha value is -3.89. The summed E-state index contributed by atoms with van der Waals surface area (Å²) in [6, 6.07) is 5.06. The molecule has 0 saturated carbocycles. The average Bonchev–Trinajstić information content (AvgIpc) is 2.77. The smallest absolute Gasteiger partial charge is 0.395 e. The number of amides is 1. The number of carbonyl (C=O) groups excluding carboxylic acids is 1. The van der Waals surface area contributed by atoms with Crippen LogP contribution in [0.3, 0.4) is 0 Å². The van der Waals surface area contributed by atoms with Crippen LogP contribution >= 0.6 is 0 Å². The molecule has 0 atom stereocenters. The summed E-state index contributed by atoms with van der Waals surface area (Å²) in [6.07, 6.45) is 6.11. The fourth-order valence-electron chi connectivity index (χ4n) is 3.28. The zero-order chi connectivity index (χ0) is 23.1. The Kier molecular flexibility index (Phi) is 7.42. The van der Waals surface area contributed by atoms with Crippen LogP contribution in [-0.2, 0) is 4.79 Å². The topological polar surface area (TPSA) is 148 Å². The minimum absolute atomic E-state index is 0.0523. The highest BCUT2D eigenvalue weighted by atomic mass is 16.6. The molecule has 0 spiro atoms. The van der Waals surface area contributed by atoms with Crippen LogP contribution in [0.5, 0.6) is 17.4 Å². The Morgan fingerprint density at radius 3 is 2.66 bits per heavy atom. The molecular weight excluding hydrogens is 420 g/mol. The lowest BCUT2D eigenvalue weighted by Gasteiger charge is -2.26. The zero-order valence-electron chi connectivity index (χ0n) is 17.6. The second-order valence-electron chi connectivity index (χ2n) is 7.08. The Bertz CT molecular complexity index is 1070. The molecule has 2 N–H and O–H groups in total. The molecule has 1 aliphatic heterocycles. The summed E-state index contributed by atoms with van der Waals surface area (Å²) in [6.45, 7) is 3.62. The molecule has 170 valence electrons. The van der Waals surface area contributed by atoms with Gasteiger partial charge in [0.2, 0.25) is 0 Å². The van der Waals surface area contributed by atoms with Crippen molar-refractivity contribution in [1.82, 2.24) is 14.9 Å². The van der Waals surface area contributed by atoms with Gasteiger partial charge in [0.05, 0.1) is 11.5 Å². The van der Waals surface area contributed by atoms with E-state index in [1.807, 2.05) is 6.92 Å². The number of aromatic hydroxyl groups is 1. The van der Waals surface area contributed by atoms with E-state index in [-0.39, 0.29) is 18.3 Å². The fraction of sp³-hybridized carbons (Fsp3) is 0.381. The van der Waals surface area contributed by atoms with Gasteiger partial charge in [0.25, 0.3) is 11.8 Å². The van der Waals surface area contributed by atoms with E-state index in [9.17, 15) is 24.8 Å². The Balaban J connectivity index is 1.73. The molecule has 2 heterocycles. The van der Waals surface area contributed by atoms with Gasteiger partial charge in [-0.25, -0.2) is 0 Å². The summed E-state index contributed by atoms with van der Waals surface area (Å²) >= 11 is 0. The molecule has 1 aromatic heterocycles.